The molecule has 5 nitrogen and oxygen atoms in total. The molecule has 1 aromatic carbocycles. The van der Waals surface area contributed by atoms with E-state index < -0.39 is 9.84 Å². The first-order valence-electron chi connectivity index (χ1n) is 7.12. The average Bonchev–Trinajstić information content (AvgIpc) is 2.99. The van der Waals surface area contributed by atoms with Crippen LogP contribution in [0.25, 0.3) is 6.08 Å². The Morgan fingerprint density at radius 3 is 2.83 bits per heavy atom. The fourth-order valence-electron chi connectivity index (χ4n) is 2.73. The second-order valence-corrected chi connectivity index (χ2v) is 10.3. The van der Waals surface area contributed by atoms with Gasteiger partial charge in [0.15, 0.2) is 9.84 Å². The minimum absolute atomic E-state index is 0.0209. The van der Waals surface area contributed by atoms with Crippen LogP contribution in [0.3, 0.4) is 0 Å². The lowest BCUT2D eigenvalue weighted by Gasteiger charge is -2.20. The summed E-state index contributed by atoms with van der Waals surface area (Å²) in [7, 11) is -1.52. The first kappa shape index (κ1) is 17.9. The van der Waals surface area contributed by atoms with Gasteiger partial charge in [0.25, 0.3) is 5.91 Å². The van der Waals surface area contributed by atoms with E-state index in [1.165, 1.54) is 16.7 Å². The number of amides is 1. The van der Waals surface area contributed by atoms with Gasteiger partial charge >= 0.3 is 0 Å². The van der Waals surface area contributed by atoms with Gasteiger partial charge < -0.3 is 4.74 Å². The highest BCUT2D eigenvalue weighted by Gasteiger charge is 2.42. The Kier molecular flexibility index (Phi) is 5.06. The number of thioether (sulfide) groups is 1. The molecule has 1 atom stereocenters. The molecule has 24 heavy (non-hydrogen) atoms. The topological polar surface area (TPSA) is 63.7 Å². The molecule has 0 radical (unpaired) electrons. The first-order chi connectivity index (χ1) is 11.3. The Hall–Kier alpha value is -0.900. The van der Waals surface area contributed by atoms with Gasteiger partial charge in [-0.25, -0.2) is 8.42 Å². The zero-order valence-electron chi connectivity index (χ0n) is 12.7. The third-order valence-corrected chi connectivity index (χ3v) is 7.45. The number of methoxy groups -OCH3 is 1. The van der Waals surface area contributed by atoms with Crippen molar-refractivity contribution in [3.8, 4) is 5.75 Å². The number of rotatable bonds is 3. The summed E-state index contributed by atoms with van der Waals surface area (Å²) >= 11 is 9.89. The van der Waals surface area contributed by atoms with Crippen LogP contribution in [0, 0.1) is 0 Å². The van der Waals surface area contributed by atoms with Gasteiger partial charge in [0.1, 0.15) is 10.1 Å². The highest BCUT2D eigenvalue weighted by Crippen LogP contribution is 2.37. The molecule has 0 aromatic heterocycles. The minimum atomic E-state index is -3.08. The standard InChI is InChI=1S/C15H14BrNO4S3/c1-21-12-3-2-10(16)6-9(12)7-13-14(18)17(15(22)23-13)11-4-5-24(19,20)8-11/h2-3,6-7,11H,4-5,8H2,1H3/b13-7-/t11-/m0/s1. The maximum atomic E-state index is 12.7. The summed E-state index contributed by atoms with van der Waals surface area (Å²) in [6.07, 6.45) is 2.16. The number of sulfone groups is 1. The molecule has 128 valence electrons. The maximum absolute atomic E-state index is 12.7. The zero-order valence-corrected chi connectivity index (χ0v) is 16.7. The van der Waals surface area contributed by atoms with E-state index in [0.29, 0.717) is 21.4 Å². The lowest BCUT2D eigenvalue weighted by atomic mass is 10.1. The minimum Gasteiger partial charge on any atom is -0.496 e. The number of carbonyl (C=O) groups excluding carboxylic acids is 1. The number of carbonyl (C=O) groups is 1. The molecule has 3 rings (SSSR count). The lowest BCUT2D eigenvalue weighted by Crippen LogP contribution is -2.39. The first-order valence-corrected chi connectivity index (χ1v) is 11.0. The molecule has 2 heterocycles. The van der Waals surface area contributed by atoms with Crippen molar-refractivity contribution in [2.45, 2.75) is 12.5 Å². The summed E-state index contributed by atoms with van der Waals surface area (Å²) in [5.41, 5.74) is 0.756. The highest BCUT2D eigenvalue weighted by molar-refractivity contribution is 9.10. The predicted octanol–water partition coefficient (Wildman–Crippen LogP) is 2.85. The van der Waals surface area contributed by atoms with Crippen molar-refractivity contribution < 1.29 is 17.9 Å². The van der Waals surface area contributed by atoms with E-state index in [1.807, 2.05) is 12.1 Å². The van der Waals surface area contributed by atoms with Crippen LogP contribution >= 0.6 is 39.9 Å². The van der Waals surface area contributed by atoms with Crippen LogP contribution in [0.5, 0.6) is 5.75 Å². The van der Waals surface area contributed by atoms with Crippen molar-refractivity contribution in [3.63, 3.8) is 0 Å². The van der Waals surface area contributed by atoms with Crippen molar-refractivity contribution in [1.82, 2.24) is 4.90 Å². The molecule has 0 N–H and O–H groups in total. The van der Waals surface area contributed by atoms with E-state index >= 15 is 0 Å². The van der Waals surface area contributed by atoms with E-state index in [9.17, 15) is 13.2 Å². The smallest absolute Gasteiger partial charge is 0.266 e. The number of halogens is 1. The Balaban J connectivity index is 1.91. The van der Waals surface area contributed by atoms with Crippen molar-refractivity contribution in [1.29, 1.82) is 0 Å². The summed E-state index contributed by atoms with van der Waals surface area (Å²) in [4.78, 5) is 14.6. The maximum Gasteiger partial charge on any atom is 0.266 e. The van der Waals surface area contributed by atoms with Crippen molar-refractivity contribution >= 4 is 66.1 Å². The second-order valence-electron chi connectivity index (χ2n) is 5.49. The molecule has 0 bridgehead atoms. The predicted molar refractivity (Wildman–Crippen MR) is 103 cm³/mol. The van der Waals surface area contributed by atoms with E-state index in [4.69, 9.17) is 17.0 Å². The third kappa shape index (κ3) is 3.54. The fourth-order valence-corrected chi connectivity index (χ4v) is 6.20. The largest absolute Gasteiger partial charge is 0.496 e. The number of benzene rings is 1. The number of hydrogen-bond acceptors (Lipinski definition) is 6. The molecule has 1 aromatic rings. The van der Waals surface area contributed by atoms with Crippen molar-refractivity contribution in [2.24, 2.45) is 0 Å². The molecule has 0 aliphatic carbocycles. The molecule has 0 saturated carbocycles. The summed E-state index contributed by atoms with van der Waals surface area (Å²) in [6.45, 7) is 0. The summed E-state index contributed by atoms with van der Waals surface area (Å²) in [5.74, 6) is 0.487. The van der Waals surface area contributed by atoms with Gasteiger partial charge in [-0.15, -0.1) is 0 Å². The Morgan fingerprint density at radius 2 is 2.21 bits per heavy atom. The van der Waals surface area contributed by atoms with E-state index in [0.717, 1.165) is 10.0 Å². The quantitative estimate of drug-likeness (QED) is 0.524. The van der Waals surface area contributed by atoms with Crippen LogP contribution in [0.2, 0.25) is 0 Å². The lowest BCUT2D eigenvalue weighted by molar-refractivity contribution is -0.123. The number of thiocarbonyl (C=S) groups is 1. The zero-order chi connectivity index (χ0) is 17.5. The van der Waals surface area contributed by atoms with E-state index in [-0.39, 0.29) is 23.5 Å². The molecule has 9 heteroatoms. The molecule has 1 amide bonds. The van der Waals surface area contributed by atoms with Gasteiger partial charge in [0.2, 0.25) is 0 Å². The van der Waals surface area contributed by atoms with Crippen LogP contribution < -0.4 is 4.74 Å². The average molecular weight is 448 g/mol. The molecule has 2 saturated heterocycles. The van der Waals surface area contributed by atoms with Crippen molar-refractivity contribution in [2.75, 3.05) is 18.6 Å². The molecule has 2 fully saturated rings. The molecule has 2 aliphatic heterocycles. The summed E-state index contributed by atoms with van der Waals surface area (Å²) < 4.78 is 29.9. The molecule has 0 unspecified atom stereocenters. The van der Waals surface area contributed by atoms with Crippen LogP contribution in [-0.2, 0) is 14.6 Å². The Bertz CT molecular complexity index is 850. The van der Waals surface area contributed by atoms with Gasteiger partial charge in [0, 0.05) is 10.0 Å². The van der Waals surface area contributed by atoms with Crippen LogP contribution in [0.4, 0.5) is 0 Å². The van der Waals surface area contributed by atoms with E-state index in [1.54, 1.807) is 19.3 Å². The van der Waals surface area contributed by atoms with Gasteiger partial charge in [0.05, 0.1) is 29.6 Å². The van der Waals surface area contributed by atoms with Gasteiger partial charge in [-0.3, -0.25) is 9.69 Å². The number of nitrogens with zero attached hydrogens (tertiary/aromatic N) is 1. The van der Waals surface area contributed by atoms with E-state index in [2.05, 4.69) is 15.9 Å². The molecule has 2 aliphatic rings. The normalized spacial score (nSPS) is 24.8. The summed E-state index contributed by atoms with van der Waals surface area (Å²) in [5, 5.41) is 0. The Morgan fingerprint density at radius 1 is 1.46 bits per heavy atom. The Labute approximate surface area is 158 Å². The SMILES string of the molecule is COc1ccc(Br)cc1/C=C1\SC(=S)N([C@H]2CCS(=O)(=O)C2)C1=O. The van der Waals surface area contributed by atoms with Crippen LogP contribution in [0.15, 0.2) is 27.6 Å². The monoisotopic (exact) mass is 447 g/mol. The van der Waals surface area contributed by atoms with Crippen LogP contribution in [0.1, 0.15) is 12.0 Å². The van der Waals surface area contributed by atoms with Crippen LogP contribution in [-0.4, -0.2) is 48.2 Å². The highest BCUT2D eigenvalue weighted by atomic mass is 79.9. The fraction of sp³-hybridized carbons (Fsp3) is 0.333. The number of ether oxygens (including phenoxy) is 1. The molecular weight excluding hydrogens is 434 g/mol. The van der Waals surface area contributed by atoms with Crippen molar-refractivity contribution in [3.05, 3.63) is 33.1 Å². The van der Waals surface area contributed by atoms with Gasteiger partial charge in [-0.1, -0.05) is 39.9 Å². The number of hydrogen-bond donors (Lipinski definition) is 0. The van der Waals surface area contributed by atoms with Gasteiger partial charge in [-0.05, 0) is 30.7 Å². The third-order valence-electron chi connectivity index (χ3n) is 3.88. The van der Waals surface area contributed by atoms with Gasteiger partial charge in [-0.2, -0.15) is 0 Å². The molecule has 0 spiro atoms. The second kappa shape index (κ2) is 6.78. The molecular formula is C15H14BrNO4S3. The summed E-state index contributed by atoms with van der Waals surface area (Å²) in [6, 6.07) is 5.15.